The Hall–Kier alpha value is -1.77. The van der Waals surface area contributed by atoms with Crippen LogP contribution in [0.25, 0.3) is 0 Å². The molecule has 2 aromatic rings. The third-order valence-electron chi connectivity index (χ3n) is 2.94. The molecule has 148 valence electrons. The minimum Gasteiger partial charge on any atom is -0.726 e. The maximum atomic E-state index is 12.3. The molecule has 0 unspecified atom stereocenters. The van der Waals surface area contributed by atoms with Gasteiger partial charge in [-0.1, -0.05) is 0 Å². The number of methoxy groups -OCH3 is 1. The largest absolute Gasteiger partial charge is 0.726 e. The van der Waals surface area contributed by atoms with Crippen LogP contribution in [-0.4, -0.2) is 55.8 Å². The van der Waals surface area contributed by atoms with Crippen LogP contribution in [0, 0.1) is 0 Å². The number of sulfone groups is 1. The normalized spacial score (nSPS) is 12.0. The number of aromatic nitrogens is 3. The molecular formula is C12H11Cl2N4O7S2-. The van der Waals surface area contributed by atoms with Gasteiger partial charge in [0.15, 0.2) is 9.84 Å². The van der Waals surface area contributed by atoms with Crippen LogP contribution >= 0.6 is 23.2 Å². The third-order valence-corrected chi connectivity index (χ3v) is 5.41. The van der Waals surface area contributed by atoms with E-state index in [2.05, 4.69) is 24.5 Å². The van der Waals surface area contributed by atoms with Gasteiger partial charge in [0.2, 0.25) is 26.9 Å². The van der Waals surface area contributed by atoms with Gasteiger partial charge in [-0.25, -0.2) is 16.8 Å². The quantitative estimate of drug-likeness (QED) is 0.447. The molecule has 2 rings (SSSR count). The van der Waals surface area contributed by atoms with Gasteiger partial charge in [0.25, 0.3) is 0 Å². The van der Waals surface area contributed by atoms with E-state index in [4.69, 9.17) is 27.9 Å². The molecular weight excluding hydrogens is 447 g/mol. The van der Waals surface area contributed by atoms with Gasteiger partial charge < -0.3 is 14.6 Å². The molecule has 0 spiro atoms. The summed E-state index contributed by atoms with van der Waals surface area (Å²) in [6.45, 7) is -0.818. The first-order valence-electron chi connectivity index (χ1n) is 6.85. The molecule has 15 heteroatoms. The van der Waals surface area contributed by atoms with Crippen molar-refractivity contribution in [2.24, 2.45) is 0 Å². The molecule has 0 saturated heterocycles. The lowest BCUT2D eigenvalue weighted by atomic mass is 10.3. The summed E-state index contributed by atoms with van der Waals surface area (Å²) in [5.74, 6) is -0.544. The minimum absolute atomic E-state index is 0.0615. The van der Waals surface area contributed by atoms with E-state index in [1.54, 1.807) is 0 Å². The number of nitrogens with one attached hydrogen (secondary N) is 1. The van der Waals surface area contributed by atoms with E-state index in [0.717, 1.165) is 0 Å². The van der Waals surface area contributed by atoms with E-state index in [9.17, 15) is 21.4 Å². The van der Waals surface area contributed by atoms with Crippen molar-refractivity contribution < 1.29 is 30.3 Å². The molecule has 1 aromatic carbocycles. The van der Waals surface area contributed by atoms with Crippen LogP contribution in [-0.2, 0) is 24.4 Å². The minimum atomic E-state index is -4.99. The van der Waals surface area contributed by atoms with Crippen molar-refractivity contribution >= 4 is 55.1 Å². The summed E-state index contributed by atoms with van der Waals surface area (Å²) in [5.41, 5.74) is 0.161. The van der Waals surface area contributed by atoms with Gasteiger partial charge in [0.05, 0.1) is 30.1 Å². The van der Waals surface area contributed by atoms with Crippen LogP contribution in [0.1, 0.15) is 0 Å². The highest BCUT2D eigenvalue weighted by Gasteiger charge is 2.18. The van der Waals surface area contributed by atoms with Crippen molar-refractivity contribution in [3.63, 3.8) is 0 Å². The Morgan fingerprint density at radius 3 is 2.30 bits per heavy atom. The van der Waals surface area contributed by atoms with Crippen LogP contribution in [0.4, 0.5) is 11.6 Å². The molecule has 0 saturated carbocycles. The number of hydrogen-bond acceptors (Lipinski definition) is 11. The van der Waals surface area contributed by atoms with E-state index in [0.29, 0.717) is 0 Å². The molecule has 0 radical (unpaired) electrons. The second-order valence-electron chi connectivity index (χ2n) is 4.73. The average molecular weight is 458 g/mol. The smallest absolute Gasteiger partial charge is 0.232 e. The summed E-state index contributed by atoms with van der Waals surface area (Å²) in [5, 5.41) is 2.33. The van der Waals surface area contributed by atoms with Crippen LogP contribution in [0.2, 0.25) is 10.6 Å². The summed E-state index contributed by atoms with van der Waals surface area (Å²) in [6.07, 6.45) is 0. The number of anilines is 2. The molecule has 0 amide bonds. The summed E-state index contributed by atoms with van der Waals surface area (Å²) in [6, 6.07) is 3.79. The standard InChI is InChI=1S/C12H12Cl2N4O7S2/c1-24-9-3-2-7(26(19,20)5-4-25-27(21,22)23)6-8(9)15-12-17-10(13)16-11(14)18-12/h2-3,6H,4-5H2,1H3,(H,21,22,23)(H,15,16,17,18)/p-1. The Labute approximate surface area is 164 Å². The van der Waals surface area contributed by atoms with E-state index in [-0.39, 0.29) is 32.8 Å². The first-order chi connectivity index (χ1) is 12.5. The zero-order chi connectivity index (χ0) is 20.2. The maximum absolute atomic E-state index is 12.3. The van der Waals surface area contributed by atoms with Gasteiger partial charge in [-0.05, 0) is 41.4 Å². The molecule has 27 heavy (non-hydrogen) atoms. The first kappa shape index (κ1) is 21.5. The van der Waals surface area contributed by atoms with E-state index >= 15 is 0 Å². The average Bonchev–Trinajstić information content (AvgIpc) is 2.52. The molecule has 0 aliphatic carbocycles. The second kappa shape index (κ2) is 8.50. The lowest BCUT2D eigenvalue weighted by molar-refractivity contribution is 0.276. The zero-order valence-corrected chi connectivity index (χ0v) is 16.6. The lowest BCUT2D eigenvalue weighted by Crippen LogP contribution is -2.16. The highest BCUT2D eigenvalue weighted by atomic mass is 35.5. The van der Waals surface area contributed by atoms with Crippen LogP contribution in [0.15, 0.2) is 23.1 Å². The van der Waals surface area contributed by atoms with Crippen molar-refractivity contribution in [2.75, 3.05) is 24.8 Å². The molecule has 11 nitrogen and oxygen atoms in total. The number of ether oxygens (including phenoxy) is 1. The Bertz CT molecular complexity index is 1030. The highest BCUT2D eigenvalue weighted by Crippen LogP contribution is 2.30. The fourth-order valence-corrected chi connectivity index (χ4v) is 3.71. The first-order valence-corrected chi connectivity index (χ1v) is 10.6. The number of nitrogens with zero attached hydrogens (tertiary/aromatic N) is 3. The molecule has 0 aliphatic heterocycles. The fraction of sp³-hybridized carbons (Fsp3) is 0.250. The van der Waals surface area contributed by atoms with Crippen LogP contribution in [0.5, 0.6) is 5.75 Å². The Morgan fingerprint density at radius 2 is 1.74 bits per heavy atom. The van der Waals surface area contributed by atoms with Gasteiger partial charge >= 0.3 is 0 Å². The highest BCUT2D eigenvalue weighted by molar-refractivity contribution is 7.91. The molecule has 1 N–H and O–H groups in total. The SMILES string of the molecule is COc1ccc(S(=O)(=O)CCOS(=O)(=O)[O-])cc1Nc1nc(Cl)nc(Cl)n1. The summed E-state index contributed by atoms with van der Waals surface area (Å²) < 4.78 is 64.9. The van der Waals surface area contributed by atoms with Crippen molar-refractivity contribution in [2.45, 2.75) is 4.90 Å². The van der Waals surface area contributed by atoms with Gasteiger partial charge in [-0.2, -0.15) is 15.0 Å². The summed E-state index contributed by atoms with van der Waals surface area (Å²) >= 11 is 11.4. The molecule has 0 aliphatic rings. The van der Waals surface area contributed by atoms with Gasteiger partial charge in [0.1, 0.15) is 5.75 Å². The molecule has 1 heterocycles. The third kappa shape index (κ3) is 6.41. The zero-order valence-electron chi connectivity index (χ0n) is 13.4. The summed E-state index contributed by atoms with van der Waals surface area (Å²) in [7, 11) is -7.60. The predicted molar refractivity (Wildman–Crippen MR) is 93.8 cm³/mol. The van der Waals surface area contributed by atoms with Crippen molar-refractivity contribution in [3.8, 4) is 5.75 Å². The van der Waals surface area contributed by atoms with E-state index in [1.165, 1.54) is 25.3 Å². The number of benzene rings is 1. The van der Waals surface area contributed by atoms with Gasteiger partial charge in [-0.15, -0.1) is 0 Å². The number of halogens is 2. The molecule has 0 atom stereocenters. The fourth-order valence-electron chi connectivity index (χ4n) is 1.84. The maximum Gasteiger partial charge on any atom is 0.232 e. The monoisotopic (exact) mass is 457 g/mol. The summed E-state index contributed by atoms with van der Waals surface area (Å²) in [4.78, 5) is 11.0. The molecule has 0 fully saturated rings. The van der Waals surface area contributed by atoms with E-state index < -0.39 is 32.6 Å². The topological polar surface area (TPSA) is 160 Å². The predicted octanol–water partition coefficient (Wildman–Crippen LogP) is 1.18. The number of rotatable bonds is 8. The number of hydrogen-bond donors (Lipinski definition) is 1. The molecule has 1 aromatic heterocycles. The Kier molecular flexibility index (Phi) is 6.77. The van der Waals surface area contributed by atoms with Gasteiger partial charge in [-0.3, -0.25) is 4.18 Å². The lowest BCUT2D eigenvalue weighted by Gasteiger charge is -2.13. The Morgan fingerprint density at radius 1 is 1.11 bits per heavy atom. The van der Waals surface area contributed by atoms with Crippen molar-refractivity contribution in [3.05, 3.63) is 28.8 Å². The van der Waals surface area contributed by atoms with Crippen molar-refractivity contribution in [1.29, 1.82) is 0 Å². The Balaban J connectivity index is 2.31. The van der Waals surface area contributed by atoms with Gasteiger partial charge in [0, 0.05) is 0 Å². The molecule has 0 bridgehead atoms. The van der Waals surface area contributed by atoms with Crippen molar-refractivity contribution in [1.82, 2.24) is 15.0 Å². The van der Waals surface area contributed by atoms with E-state index in [1.807, 2.05) is 0 Å². The second-order valence-corrected chi connectivity index (χ2v) is 8.57. The van der Waals surface area contributed by atoms with Crippen LogP contribution < -0.4 is 10.1 Å². The van der Waals surface area contributed by atoms with Crippen LogP contribution in [0.3, 0.4) is 0 Å².